The van der Waals surface area contributed by atoms with Gasteiger partial charge < -0.3 is 9.47 Å². The van der Waals surface area contributed by atoms with Gasteiger partial charge in [-0.3, -0.25) is 14.5 Å². The summed E-state index contributed by atoms with van der Waals surface area (Å²) in [6.07, 6.45) is 4.05. The van der Waals surface area contributed by atoms with E-state index in [1.54, 1.807) is 0 Å². The lowest BCUT2D eigenvalue weighted by molar-refractivity contribution is 0.0373. The van der Waals surface area contributed by atoms with E-state index in [4.69, 9.17) is 9.47 Å². The standard InChI is InChI=1S/C22H36N6O2/c1-19-7-8-20(2)27(19)28-21(5-3-9-25-11-15-29-16-12-25)23-24-22(28)6-4-10-26-13-17-30-18-14-26/h7-8H,3-6,9-18H2,1-2H3. The third kappa shape index (κ3) is 5.29. The summed E-state index contributed by atoms with van der Waals surface area (Å²) in [7, 11) is 0. The van der Waals surface area contributed by atoms with Crippen molar-refractivity contribution in [3.8, 4) is 0 Å². The van der Waals surface area contributed by atoms with Crippen LogP contribution in [0.4, 0.5) is 0 Å². The Morgan fingerprint density at radius 3 is 1.57 bits per heavy atom. The van der Waals surface area contributed by atoms with Gasteiger partial charge in [0.05, 0.1) is 26.4 Å². The minimum atomic E-state index is 0.852. The number of hydrogen-bond acceptors (Lipinski definition) is 6. The zero-order chi connectivity index (χ0) is 20.8. The number of hydrogen-bond donors (Lipinski definition) is 0. The molecule has 8 nitrogen and oxygen atoms in total. The molecule has 0 bridgehead atoms. The second-order valence-electron chi connectivity index (χ2n) is 8.39. The third-order valence-electron chi connectivity index (χ3n) is 6.16. The Balaban J connectivity index is 1.42. The highest BCUT2D eigenvalue weighted by atomic mass is 16.5. The highest BCUT2D eigenvalue weighted by Gasteiger charge is 2.18. The van der Waals surface area contributed by atoms with E-state index in [1.807, 2.05) is 0 Å². The molecule has 2 aliphatic heterocycles. The molecule has 0 unspecified atom stereocenters. The predicted molar refractivity (Wildman–Crippen MR) is 116 cm³/mol. The van der Waals surface area contributed by atoms with E-state index in [0.717, 1.165) is 103 Å². The molecule has 30 heavy (non-hydrogen) atoms. The number of nitrogens with zero attached hydrogens (tertiary/aromatic N) is 6. The highest BCUT2D eigenvalue weighted by Crippen LogP contribution is 2.15. The Labute approximate surface area is 179 Å². The zero-order valence-electron chi connectivity index (χ0n) is 18.6. The minimum Gasteiger partial charge on any atom is -0.379 e. The molecule has 0 aliphatic carbocycles. The van der Waals surface area contributed by atoms with Gasteiger partial charge in [0.25, 0.3) is 0 Å². The van der Waals surface area contributed by atoms with E-state index in [-0.39, 0.29) is 0 Å². The lowest BCUT2D eigenvalue weighted by atomic mass is 10.2. The molecular weight excluding hydrogens is 380 g/mol. The molecule has 2 fully saturated rings. The first kappa shape index (κ1) is 21.5. The van der Waals surface area contributed by atoms with Crippen LogP contribution in [-0.4, -0.2) is 95.0 Å². The average molecular weight is 417 g/mol. The van der Waals surface area contributed by atoms with Crippen LogP contribution in [0.3, 0.4) is 0 Å². The topological polar surface area (TPSA) is 60.6 Å². The van der Waals surface area contributed by atoms with Crippen molar-refractivity contribution < 1.29 is 9.47 Å². The van der Waals surface area contributed by atoms with Gasteiger partial charge in [-0.2, -0.15) is 0 Å². The fourth-order valence-corrected chi connectivity index (χ4v) is 4.44. The smallest absolute Gasteiger partial charge is 0.153 e. The Hall–Kier alpha value is -1.74. The quantitative estimate of drug-likeness (QED) is 0.618. The molecule has 0 N–H and O–H groups in total. The molecule has 0 radical (unpaired) electrons. The van der Waals surface area contributed by atoms with Crippen LogP contribution < -0.4 is 0 Å². The summed E-state index contributed by atoms with van der Waals surface area (Å²) in [6.45, 7) is 14.0. The molecule has 2 saturated heterocycles. The monoisotopic (exact) mass is 416 g/mol. The van der Waals surface area contributed by atoms with E-state index in [0.29, 0.717) is 0 Å². The normalized spacial score (nSPS) is 18.9. The summed E-state index contributed by atoms with van der Waals surface area (Å²) in [6, 6.07) is 4.34. The number of aromatic nitrogens is 4. The summed E-state index contributed by atoms with van der Waals surface area (Å²) < 4.78 is 15.5. The lowest BCUT2D eigenvalue weighted by Crippen LogP contribution is -2.37. The molecule has 0 atom stereocenters. The van der Waals surface area contributed by atoms with Gasteiger partial charge in [-0.1, -0.05) is 0 Å². The van der Waals surface area contributed by atoms with Gasteiger partial charge in [0.1, 0.15) is 0 Å². The summed E-state index contributed by atoms with van der Waals surface area (Å²) in [5, 5.41) is 9.24. The summed E-state index contributed by atoms with van der Waals surface area (Å²) in [5.41, 5.74) is 2.44. The van der Waals surface area contributed by atoms with Crippen molar-refractivity contribution in [3.63, 3.8) is 0 Å². The van der Waals surface area contributed by atoms with Crippen molar-refractivity contribution in [2.24, 2.45) is 0 Å². The van der Waals surface area contributed by atoms with Crippen LogP contribution in [0.25, 0.3) is 0 Å². The fourth-order valence-electron chi connectivity index (χ4n) is 4.44. The summed E-state index contributed by atoms with van der Waals surface area (Å²) in [4.78, 5) is 4.97. The van der Waals surface area contributed by atoms with Crippen molar-refractivity contribution in [2.45, 2.75) is 39.5 Å². The van der Waals surface area contributed by atoms with E-state index in [1.165, 1.54) is 11.4 Å². The Morgan fingerprint density at radius 1 is 0.700 bits per heavy atom. The van der Waals surface area contributed by atoms with E-state index >= 15 is 0 Å². The van der Waals surface area contributed by atoms with Gasteiger partial charge in [-0.05, 0) is 51.9 Å². The number of ether oxygens (including phenoxy) is 2. The van der Waals surface area contributed by atoms with E-state index < -0.39 is 0 Å². The molecule has 8 heteroatoms. The first-order chi connectivity index (χ1) is 14.7. The fraction of sp³-hybridized carbons (Fsp3) is 0.727. The minimum absolute atomic E-state index is 0.852. The molecule has 4 heterocycles. The molecule has 2 aromatic heterocycles. The molecular formula is C22H36N6O2. The molecule has 4 rings (SSSR count). The maximum Gasteiger partial charge on any atom is 0.153 e. The van der Waals surface area contributed by atoms with Crippen molar-refractivity contribution in [2.75, 3.05) is 65.7 Å². The molecule has 166 valence electrons. The van der Waals surface area contributed by atoms with Crippen LogP contribution in [0.2, 0.25) is 0 Å². The van der Waals surface area contributed by atoms with Crippen LogP contribution in [-0.2, 0) is 22.3 Å². The highest BCUT2D eigenvalue weighted by molar-refractivity contribution is 5.16. The maximum absolute atomic E-state index is 5.46. The van der Waals surface area contributed by atoms with Gasteiger partial charge in [0.2, 0.25) is 0 Å². The lowest BCUT2D eigenvalue weighted by Gasteiger charge is -2.26. The van der Waals surface area contributed by atoms with Gasteiger partial charge in [0, 0.05) is 50.4 Å². The van der Waals surface area contributed by atoms with Gasteiger partial charge in [0.15, 0.2) is 11.6 Å². The van der Waals surface area contributed by atoms with Crippen molar-refractivity contribution >= 4 is 0 Å². The van der Waals surface area contributed by atoms with E-state index in [2.05, 4.69) is 55.3 Å². The first-order valence-electron chi connectivity index (χ1n) is 11.4. The Kier molecular flexibility index (Phi) is 7.54. The van der Waals surface area contributed by atoms with Crippen molar-refractivity contribution in [1.29, 1.82) is 0 Å². The molecule has 0 spiro atoms. The van der Waals surface area contributed by atoms with Gasteiger partial charge in [-0.25, -0.2) is 4.68 Å². The molecule has 2 aromatic rings. The maximum atomic E-state index is 5.46. The second kappa shape index (κ2) is 10.5. The molecule has 2 aliphatic rings. The molecule has 0 amide bonds. The zero-order valence-corrected chi connectivity index (χ0v) is 18.6. The first-order valence-corrected chi connectivity index (χ1v) is 11.4. The third-order valence-corrected chi connectivity index (χ3v) is 6.16. The van der Waals surface area contributed by atoms with Crippen LogP contribution >= 0.6 is 0 Å². The second-order valence-corrected chi connectivity index (χ2v) is 8.39. The summed E-state index contributed by atoms with van der Waals surface area (Å²) in [5.74, 6) is 2.12. The Morgan fingerprint density at radius 2 is 1.13 bits per heavy atom. The Bertz CT molecular complexity index is 729. The summed E-state index contributed by atoms with van der Waals surface area (Å²) >= 11 is 0. The van der Waals surface area contributed by atoms with Crippen LogP contribution in [0.1, 0.15) is 35.9 Å². The van der Waals surface area contributed by atoms with Crippen molar-refractivity contribution in [1.82, 2.24) is 29.3 Å². The van der Waals surface area contributed by atoms with Crippen LogP contribution in [0, 0.1) is 13.8 Å². The SMILES string of the molecule is Cc1ccc(C)n1-n1c(CCCN2CCOCC2)nnc1CCCN1CCOCC1. The average Bonchev–Trinajstić information content (AvgIpc) is 3.31. The van der Waals surface area contributed by atoms with E-state index in [9.17, 15) is 0 Å². The molecule has 0 saturated carbocycles. The van der Waals surface area contributed by atoms with Gasteiger partial charge >= 0.3 is 0 Å². The number of aryl methyl sites for hydroxylation is 4. The number of morpholine rings is 2. The largest absolute Gasteiger partial charge is 0.379 e. The van der Waals surface area contributed by atoms with Gasteiger partial charge in [-0.15, -0.1) is 10.2 Å². The number of rotatable bonds is 9. The molecule has 0 aromatic carbocycles. The predicted octanol–water partition coefficient (Wildman–Crippen LogP) is 1.54. The van der Waals surface area contributed by atoms with Crippen LogP contribution in [0.15, 0.2) is 12.1 Å². The van der Waals surface area contributed by atoms with Crippen molar-refractivity contribution in [3.05, 3.63) is 35.2 Å². The van der Waals surface area contributed by atoms with Crippen LogP contribution in [0.5, 0.6) is 0 Å².